The highest BCUT2D eigenvalue weighted by Crippen LogP contribution is 2.42. The van der Waals surface area contributed by atoms with E-state index < -0.39 is 30.5 Å². The monoisotopic (exact) mass is 1120 g/mol. The summed E-state index contributed by atoms with van der Waals surface area (Å²) in [6.45, 7) is 13.3. The molecule has 2 atom stereocenters. The number of carbonyl (C=O) groups excluding carboxylic acids is 4. The second-order valence-corrected chi connectivity index (χ2v) is 21.2. The van der Waals surface area contributed by atoms with Crippen molar-refractivity contribution in [3.63, 3.8) is 0 Å². The summed E-state index contributed by atoms with van der Waals surface area (Å²) >= 11 is 0. The number of hydrogen-bond acceptors (Lipinski definition) is 16. The molecule has 0 aliphatic heterocycles. The second-order valence-electron chi connectivity index (χ2n) is 21.2. The largest absolute Gasteiger partial charge is 0.507 e. The zero-order valence-electron chi connectivity index (χ0n) is 49.2. The maximum absolute atomic E-state index is 14.9. The number of phenols is 1. The van der Waals surface area contributed by atoms with Crippen LogP contribution in [-0.4, -0.2) is 164 Å². The van der Waals surface area contributed by atoms with Gasteiger partial charge in [0.05, 0.1) is 12.5 Å². The van der Waals surface area contributed by atoms with Crippen molar-refractivity contribution < 1.29 is 42.9 Å². The topological polar surface area (TPSA) is 330 Å². The lowest BCUT2D eigenvalue weighted by Gasteiger charge is -2.19. The number of fused-ring (bicyclic) bond motifs is 2. The van der Waals surface area contributed by atoms with Gasteiger partial charge in [-0.05, 0) is 159 Å². The molecular formula is C58H94N12O10. The van der Waals surface area contributed by atoms with Gasteiger partial charge in [0.15, 0.2) is 35.0 Å². The SMILES string of the molecule is COc1c(OCC(=O)CC(CCCN=C(N)N)C(=O)NCCCNCCCN(C)C)cc2oc3cc(OCC(=O)CC(CCCN=C(N)N)C(=O)NCCCNCCCN(C)C)c(CC=C(C)C)c(O)c3c(=O)c2c1CC=C(C)C. The molecule has 3 rings (SSSR count). The summed E-state index contributed by atoms with van der Waals surface area (Å²) in [5.41, 5.74) is 24.1. The molecule has 0 aliphatic rings. The number of benzene rings is 2. The quantitative estimate of drug-likeness (QED) is 0.0128. The van der Waals surface area contributed by atoms with Crippen LogP contribution in [0.5, 0.6) is 23.0 Å². The molecule has 0 radical (unpaired) electrons. The molecule has 0 saturated carbocycles. The fraction of sp³-hybridized carbons (Fsp3) is 0.603. The van der Waals surface area contributed by atoms with Gasteiger partial charge in [0.2, 0.25) is 17.2 Å². The summed E-state index contributed by atoms with van der Waals surface area (Å²) in [6, 6.07) is 2.93. The van der Waals surface area contributed by atoms with Crippen molar-refractivity contribution >= 4 is 57.2 Å². The first-order valence-electron chi connectivity index (χ1n) is 27.9. The van der Waals surface area contributed by atoms with Gasteiger partial charge in [0.25, 0.3) is 0 Å². The minimum absolute atomic E-state index is 0.0392. The Balaban J connectivity index is 1.97. The number of carbonyl (C=O) groups is 4. The number of Topliss-reactive ketones (excluding diaryl/α,β-unsaturated/α-hetero) is 2. The lowest BCUT2D eigenvalue weighted by Crippen LogP contribution is -2.35. The number of hydrogen-bond donors (Lipinski definition) is 9. The normalized spacial score (nSPS) is 12.0. The Morgan fingerprint density at radius 1 is 0.637 bits per heavy atom. The Hall–Kier alpha value is -6.75. The zero-order valence-corrected chi connectivity index (χ0v) is 49.2. The number of nitrogens with zero attached hydrogens (tertiary/aromatic N) is 4. The van der Waals surface area contributed by atoms with Gasteiger partial charge in [-0.15, -0.1) is 0 Å². The van der Waals surface area contributed by atoms with E-state index in [2.05, 4.69) is 41.1 Å². The molecule has 80 heavy (non-hydrogen) atoms. The van der Waals surface area contributed by atoms with Gasteiger partial charge in [-0.25, -0.2) is 0 Å². The minimum Gasteiger partial charge on any atom is -0.507 e. The van der Waals surface area contributed by atoms with Crippen LogP contribution in [0.3, 0.4) is 0 Å². The number of nitrogens with two attached hydrogens (primary N) is 4. The number of aromatic hydroxyl groups is 1. The van der Waals surface area contributed by atoms with Crippen LogP contribution in [0.4, 0.5) is 0 Å². The Kier molecular flexibility index (Phi) is 30.8. The van der Waals surface area contributed by atoms with E-state index in [1.54, 1.807) is 0 Å². The molecule has 0 fully saturated rings. The number of nitrogens with one attached hydrogen (secondary N) is 4. The van der Waals surface area contributed by atoms with Gasteiger partial charge >= 0.3 is 0 Å². The highest BCUT2D eigenvalue weighted by molar-refractivity contribution is 5.98. The lowest BCUT2D eigenvalue weighted by molar-refractivity contribution is -0.130. The molecule has 22 nitrogen and oxygen atoms in total. The summed E-state index contributed by atoms with van der Waals surface area (Å²) in [5, 5.41) is 24.8. The average Bonchev–Trinajstić information content (AvgIpc) is 3.46. The summed E-state index contributed by atoms with van der Waals surface area (Å²) in [4.78, 5) is 81.7. The summed E-state index contributed by atoms with van der Waals surface area (Å²) in [6.07, 6.45) is 8.89. The molecule has 3 aromatic rings. The van der Waals surface area contributed by atoms with Crippen molar-refractivity contribution in [2.75, 3.05) is 114 Å². The third-order valence-corrected chi connectivity index (χ3v) is 13.0. The lowest BCUT2D eigenvalue weighted by atomic mass is 9.96. The summed E-state index contributed by atoms with van der Waals surface area (Å²) < 4.78 is 24.8. The van der Waals surface area contributed by atoms with Crippen LogP contribution in [0.2, 0.25) is 0 Å². The maximum atomic E-state index is 14.9. The minimum atomic E-state index is -0.689. The van der Waals surface area contributed by atoms with E-state index >= 15 is 0 Å². The van der Waals surface area contributed by atoms with Gasteiger partial charge in [-0.3, -0.25) is 34.0 Å². The Morgan fingerprint density at radius 3 is 1.52 bits per heavy atom. The van der Waals surface area contributed by atoms with Crippen LogP contribution in [0.1, 0.15) is 103 Å². The van der Waals surface area contributed by atoms with Crippen LogP contribution in [0.15, 0.2) is 54.6 Å². The molecule has 0 bridgehead atoms. The Labute approximate surface area is 472 Å². The summed E-state index contributed by atoms with van der Waals surface area (Å²) in [5.74, 6) is -2.76. The molecule has 1 heterocycles. The molecule has 2 aromatic carbocycles. The predicted molar refractivity (Wildman–Crippen MR) is 319 cm³/mol. The smallest absolute Gasteiger partial charge is 0.223 e. The number of phenolic OH excluding ortho intramolecular Hbond substituents is 1. The number of rotatable bonds is 41. The van der Waals surface area contributed by atoms with Crippen molar-refractivity contribution in [3.8, 4) is 23.0 Å². The van der Waals surface area contributed by atoms with E-state index in [0.29, 0.717) is 57.2 Å². The predicted octanol–water partition coefficient (Wildman–Crippen LogP) is 3.79. The molecule has 0 spiro atoms. The first-order valence-corrected chi connectivity index (χ1v) is 27.9. The average molecular weight is 1120 g/mol. The fourth-order valence-corrected chi connectivity index (χ4v) is 8.82. The number of amides is 2. The molecule has 0 aliphatic carbocycles. The highest BCUT2D eigenvalue weighted by atomic mass is 16.5. The second kappa shape index (κ2) is 36.5. The van der Waals surface area contributed by atoms with E-state index in [9.17, 15) is 29.1 Å². The number of allylic oxidation sites excluding steroid dienone is 4. The van der Waals surface area contributed by atoms with Crippen molar-refractivity contribution in [3.05, 3.63) is 56.8 Å². The number of ether oxygens (including phenoxy) is 3. The first-order chi connectivity index (χ1) is 38.1. The molecule has 22 heteroatoms. The standard InChI is InChI=1S/C58H94N12O10/c1-38(2)18-20-44-46(78-36-42(71)32-40(16-10-26-67-57(59)60)55(75)65-28-12-22-63-24-14-30-69(5)6)34-48-51(52(44)73)53(74)50-45(21-19-39(3)4)54(77-9)49(35-47(50)80-48)79-37-43(72)33-41(17-11-27-68-58(61)62)56(76)66-29-13-23-64-25-15-31-70(7)8/h18-19,34-35,40-41,63-64,73H,10-17,20-33,36-37H2,1-9H3,(H,65,75)(H,66,76)(H4,59,60,67)(H4,61,62,68). The molecule has 2 amide bonds. The van der Waals surface area contributed by atoms with E-state index in [1.165, 1.54) is 19.2 Å². The Bertz CT molecular complexity index is 2650. The molecule has 0 saturated heterocycles. The van der Waals surface area contributed by atoms with Gasteiger partial charge in [-0.1, -0.05) is 23.3 Å². The third kappa shape index (κ3) is 24.7. The van der Waals surface area contributed by atoms with Crippen LogP contribution < -0.4 is 63.8 Å². The van der Waals surface area contributed by atoms with E-state index in [4.69, 9.17) is 41.6 Å². The molecule has 446 valence electrons. The first kappa shape index (κ1) is 67.5. The van der Waals surface area contributed by atoms with E-state index in [0.717, 1.165) is 63.3 Å². The van der Waals surface area contributed by atoms with Crippen molar-refractivity contribution in [1.82, 2.24) is 31.1 Å². The fourth-order valence-electron chi connectivity index (χ4n) is 8.82. The van der Waals surface area contributed by atoms with E-state index in [1.807, 2.05) is 68.0 Å². The third-order valence-electron chi connectivity index (χ3n) is 13.0. The summed E-state index contributed by atoms with van der Waals surface area (Å²) in [7, 11) is 9.55. The number of guanidine groups is 2. The van der Waals surface area contributed by atoms with Crippen LogP contribution in [0, 0.1) is 11.8 Å². The maximum Gasteiger partial charge on any atom is 0.223 e. The number of methoxy groups -OCH3 is 1. The van der Waals surface area contributed by atoms with Gasteiger partial charge in [0.1, 0.15) is 41.3 Å². The van der Waals surface area contributed by atoms with Gasteiger partial charge in [0, 0.05) is 74.1 Å². The number of aliphatic imine (C=N–C) groups is 2. The van der Waals surface area contributed by atoms with Crippen LogP contribution in [0.25, 0.3) is 21.9 Å². The van der Waals surface area contributed by atoms with Crippen LogP contribution in [-0.2, 0) is 32.0 Å². The number of ketones is 2. The van der Waals surface area contributed by atoms with Gasteiger partial charge in [-0.2, -0.15) is 0 Å². The zero-order chi connectivity index (χ0) is 59.1. The van der Waals surface area contributed by atoms with Crippen molar-refractivity contribution in [1.29, 1.82) is 0 Å². The van der Waals surface area contributed by atoms with Crippen molar-refractivity contribution in [2.24, 2.45) is 44.8 Å². The molecule has 13 N–H and O–H groups in total. The molecule has 1 aromatic heterocycles. The highest BCUT2D eigenvalue weighted by Gasteiger charge is 2.28. The Morgan fingerprint density at radius 2 is 1.07 bits per heavy atom. The molecular weight excluding hydrogens is 1020 g/mol. The van der Waals surface area contributed by atoms with Crippen LogP contribution >= 0.6 is 0 Å². The van der Waals surface area contributed by atoms with E-state index in [-0.39, 0.29) is 125 Å². The van der Waals surface area contributed by atoms with Gasteiger partial charge < -0.3 is 77.7 Å². The van der Waals surface area contributed by atoms with Crippen molar-refractivity contribution in [2.45, 2.75) is 105 Å². The molecule has 2 unspecified atom stereocenters.